The molecule has 0 saturated carbocycles. The van der Waals surface area contributed by atoms with Gasteiger partial charge in [0.15, 0.2) is 0 Å². The summed E-state index contributed by atoms with van der Waals surface area (Å²) < 4.78 is 88.4. The molecule has 3 N–H and O–H groups in total. The molecule has 3 aromatic carbocycles. The van der Waals surface area contributed by atoms with Crippen molar-refractivity contribution in [3.8, 4) is 0 Å². The third-order valence-corrected chi connectivity index (χ3v) is 7.34. The van der Waals surface area contributed by atoms with Gasteiger partial charge in [-0.3, -0.25) is 9.69 Å². The van der Waals surface area contributed by atoms with Gasteiger partial charge < -0.3 is 15.6 Å². The van der Waals surface area contributed by atoms with Crippen molar-refractivity contribution < 1.29 is 31.1 Å². The van der Waals surface area contributed by atoms with E-state index < -0.39 is 49.5 Å². The molecule has 40 heavy (non-hydrogen) atoms. The van der Waals surface area contributed by atoms with Gasteiger partial charge in [-0.2, -0.15) is 26.3 Å². The van der Waals surface area contributed by atoms with Crippen LogP contribution in [0.2, 0.25) is 0 Å². The van der Waals surface area contributed by atoms with Crippen LogP contribution in [0, 0.1) is 0 Å². The second-order valence-corrected chi connectivity index (χ2v) is 9.91. The summed E-state index contributed by atoms with van der Waals surface area (Å²) in [7, 11) is 0. The van der Waals surface area contributed by atoms with E-state index in [1.807, 2.05) is 0 Å². The predicted molar refractivity (Wildman–Crippen MR) is 139 cm³/mol. The second-order valence-electron chi connectivity index (χ2n) is 9.91. The predicted octanol–water partition coefficient (Wildman–Crippen LogP) is 6.18. The number of nitrogens with zero attached hydrogens (tertiary/aromatic N) is 2. The number of benzene rings is 3. The average molecular weight is 561 g/mol. The van der Waals surface area contributed by atoms with Gasteiger partial charge >= 0.3 is 12.4 Å². The number of piperazine rings is 1. The highest BCUT2D eigenvalue weighted by Crippen LogP contribution is 2.42. The Hall–Kier alpha value is -3.99. The van der Waals surface area contributed by atoms with E-state index in [0.29, 0.717) is 27.1 Å². The molecule has 5 nitrogen and oxygen atoms in total. The van der Waals surface area contributed by atoms with Crippen LogP contribution in [-0.4, -0.2) is 57.7 Å². The van der Waals surface area contributed by atoms with Crippen LogP contribution in [0.15, 0.2) is 85.1 Å². The van der Waals surface area contributed by atoms with Gasteiger partial charge in [0.2, 0.25) is 0 Å². The summed E-state index contributed by atoms with van der Waals surface area (Å²) in [6, 6.07) is 13.3. The van der Waals surface area contributed by atoms with E-state index in [9.17, 15) is 31.1 Å². The molecule has 0 bridgehead atoms. The Morgan fingerprint density at radius 3 is 2.17 bits per heavy atom. The van der Waals surface area contributed by atoms with Crippen LogP contribution >= 0.6 is 0 Å². The summed E-state index contributed by atoms with van der Waals surface area (Å²) in [5, 5.41) is 0.638. The van der Waals surface area contributed by atoms with Crippen molar-refractivity contribution in [3.05, 3.63) is 102 Å². The highest BCUT2D eigenvalue weighted by molar-refractivity contribution is 5.94. The number of fused-ring (bicyclic) bond motifs is 1. The van der Waals surface area contributed by atoms with Gasteiger partial charge in [-0.05, 0) is 47.9 Å². The van der Waals surface area contributed by atoms with Crippen molar-refractivity contribution in [2.45, 2.75) is 43.4 Å². The summed E-state index contributed by atoms with van der Waals surface area (Å²) in [5.74, 6) is -0.888. The number of para-hydroxylation sites is 1. The van der Waals surface area contributed by atoms with Crippen molar-refractivity contribution in [1.82, 2.24) is 14.8 Å². The Morgan fingerprint density at radius 2 is 1.52 bits per heavy atom. The lowest BCUT2D eigenvalue weighted by Gasteiger charge is -2.52. The number of carbonyl (C=O) groups excluding carboxylic acids is 1. The van der Waals surface area contributed by atoms with Gasteiger partial charge in [0, 0.05) is 41.4 Å². The normalized spacial score (nSPS) is 20.6. The average Bonchev–Trinajstić information content (AvgIpc) is 3.31. The van der Waals surface area contributed by atoms with Crippen LogP contribution in [-0.2, 0) is 13.0 Å². The minimum atomic E-state index is -5.09. The summed E-state index contributed by atoms with van der Waals surface area (Å²) in [5.41, 5.74) is 7.41. The van der Waals surface area contributed by atoms with E-state index in [1.54, 1.807) is 36.5 Å². The first-order valence-corrected chi connectivity index (χ1v) is 12.6. The molecule has 0 aliphatic carbocycles. The molecule has 3 atom stereocenters. The highest BCUT2D eigenvalue weighted by Gasteiger charge is 2.61. The largest absolute Gasteiger partial charge is 0.406 e. The molecule has 11 heteroatoms. The van der Waals surface area contributed by atoms with E-state index in [0.717, 1.165) is 4.90 Å². The van der Waals surface area contributed by atoms with Crippen molar-refractivity contribution in [1.29, 1.82) is 0 Å². The first-order chi connectivity index (χ1) is 18.9. The van der Waals surface area contributed by atoms with Crippen LogP contribution in [0.25, 0.3) is 10.9 Å². The number of halogens is 6. The SMILES string of the molecule is Nc1ccc(CN2C(C(F)(F)F)CN(C(=O)c3ccccc3)[C@H](Cc3c[nH]c4ccccc34)C2C(F)(F)F)cc1. The lowest BCUT2D eigenvalue weighted by atomic mass is 9.89. The van der Waals surface area contributed by atoms with Crippen LogP contribution in [0.5, 0.6) is 0 Å². The van der Waals surface area contributed by atoms with Crippen molar-refractivity contribution in [2.75, 3.05) is 12.3 Å². The molecular formula is C29H26F6N4O. The molecule has 2 unspecified atom stereocenters. The Bertz CT molecular complexity index is 1470. The summed E-state index contributed by atoms with van der Waals surface area (Å²) in [6.07, 6.45) is -8.90. The van der Waals surface area contributed by atoms with Crippen molar-refractivity contribution in [3.63, 3.8) is 0 Å². The Labute approximate surface area is 226 Å². The molecule has 5 rings (SSSR count). The molecule has 4 aromatic rings. The van der Waals surface area contributed by atoms with Gasteiger partial charge in [-0.1, -0.05) is 48.5 Å². The molecular weight excluding hydrogens is 534 g/mol. The number of nitrogen functional groups attached to an aromatic ring is 1. The molecule has 210 valence electrons. The molecule has 1 saturated heterocycles. The lowest BCUT2D eigenvalue weighted by Crippen LogP contribution is -2.72. The zero-order valence-electron chi connectivity index (χ0n) is 21.1. The van der Waals surface area contributed by atoms with E-state index in [4.69, 9.17) is 5.73 Å². The number of hydrogen-bond acceptors (Lipinski definition) is 3. The molecule has 1 fully saturated rings. The number of nitrogens with one attached hydrogen (secondary N) is 1. The first kappa shape index (κ1) is 27.6. The van der Waals surface area contributed by atoms with E-state index in [2.05, 4.69) is 4.98 Å². The zero-order valence-corrected chi connectivity index (χ0v) is 21.1. The first-order valence-electron chi connectivity index (χ1n) is 12.6. The summed E-state index contributed by atoms with van der Waals surface area (Å²) in [4.78, 5) is 17.8. The fourth-order valence-electron chi connectivity index (χ4n) is 5.48. The molecule has 1 amide bonds. The number of aromatic nitrogens is 1. The number of H-pyrrole nitrogens is 1. The minimum Gasteiger partial charge on any atom is -0.399 e. The minimum absolute atomic E-state index is 0.0141. The van der Waals surface area contributed by atoms with E-state index >= 15 is 0 Å². The summed E-state index contributed by atoms with van der Waals surface area (Å²) >= 11 is 0. The van der Waals surface area contributed by atoms with Gasteiger partial charge in [0.1, 0.15) is 12.1 Å². The number of hydrogen-bond donors (Lipinski definition) is 2. The molecule has 0 spiro atoms. The van der Waals surface area contributed by atoms with Crippen LogP contribution < -0.4 is 5.73 Å². The number of anilines is 1. The standard InChI is InChI=1S/C29H26F6N4O/c30-28(31,32)25-17-38(27(40)19-6-2-1-3-7-19)24(14-20-15-37-23-9-5-4-8-22(20)23)26(29(33,34)35)39(25)16-18-10-12-21(36)13-11-18/h1-13,15,24-26,37H,14,16-17,36H2/t24-,25?,26?/m1/s1. The van der Waals surface area contributed by atoms with Crippen molar-refractivity contribution >= 4 is 22.5 Å². The van der Waals surface area contributed by atoms with Crippen LogP contribution in [0.3, 0.4) is 0 Å². The maximum atomic E-state index is 15.0. The molecule has 1 aliphatic rings. The van der Waals surface area contributed by atoms with Gasteiger partial charge in [-0.15, -0.1) is 0 Å². The third-order valence-electron chi connectivity index (χ3n) is 7.34. The van der Waals surface area contributed by atoms with Gasteiger partial charge in [0.25, 0.3) is 5.91 Å². The van der Waals surface area contributed by atoms with E-state index in [1.165, 1.54) is 48.5 Å². The molecule has 1 aliphatic heterocycles. The molecule has 0 radical (unpaired) electrons. The number of rotatable bonds is 5. The number of carbonyl (C=O) groups is 1. The van der Waals surface area contributed by atoms with Crippen molar-refractivity contribution in [2.24, 2.45) is 0 Å². The third kappa shape index (κ3) is 5.51. The number of aromatic amines is 1. The Morgan fingerprint density at radius 1 is 0.875 bits per heavy atom. The van der Waals surface area contributed by atoms with Crippen LogP contribution in [0.1, 0.15) is 21.5 Å². The molecule has 2 heterocycles. The monoisotopic (exact) mass is 560 g/mol. The number of nitrogens with two attached hydrogens (primary N) is 1. The quantitative estimate of drug-likeness (QED) is 0.226. The summed E-state index contributed by atoms with van der Waals surface area (Å²) in [6.45, 7) is -1.59. The maximum absolute atomic E-state index is 15.0. The maximum Gasteiger partial charge on any atom is 0.406 e. The number of amides is 1. The van der Waals surface area contributed by atoms with Crippen LogP contribution in [0.4, 0.5) is 32.0 Å². The highest BCUT2D eigenvalue weighted by atomic mass is 19.4. The number of alkyl halides is 6. The smallest absolute Gasteiger partial charge is 0.399 e. The Balaban J connectivity index is 1.65. The Kier molecular flexibility index (Phi) is 7.26. The molecule has 1 aromatic heterocycles. The van der Waals surface area contributed by atoms with Gasteiger partial charge in [0.05, 0.1) is 6.04 Å². The second kappa shape index (κ2) is 10.5. The van der Waals surface area contributed by atoms with E-state index in [-0.39, 0.29) is 17.5 Å². The fourth-order valence-corrected chi connectivity index (χ4v) is 5.48. The lowest BCUT2D eigenvalue weighted by molar-refractivity contribution is -0.263. The van der Waals surface area contributed by atoms with Gasteiger partial charge in [-0.25, -0.2) is 0 Å². The zero-order chi connectivity index (χ0) is 28.7. The fraction of sp³-hybridized carbons (Fsp3) is 0.276. The topological polar surface area (TPSA) is 65.4 Å².